The molecule has 0 spiro atoms. The molecule has 2 rings (SSSR count). The van der Waals surface area contributed by atoms with Crippen molar-refractivity contribution >= 4 is 28.3 Å². The number of hydrogen-bond acceptors (Lipinski definition) is 4. The van der Waals surface area contributed by atoms with Crippen LogP contribution in [-0.4, -0.2) is 17.1 Å². The molecule has 2 heterocycles. The second-order valence-corrected chi connectivity index (χ2v) is 5.85. The van der Waals surface area contributed by atoms with Gasteiger partial charge in [-0.3, -0.25) is 5.32 Å². The lowest BCUT2D eigenvalue weighted by Crippen LogP contribution is -2.31. The molecule has 21 heavy (non-hydrogen) atoms. The summed E-state index contributed by atoms with van der Waals surface area (Å²) < 4.78 is 5.20. The minimum Gasteiger partial charge on any atom is -0.478 e. The number of furan rings is 1. The van der Waals surface area contributed by atoms with Gasteiger partial charge in [-0.2, -0.15) is 0 Å². The Morgan fingerprint density at radius 3 is 2.67 bits per heavy atom. The zero-order valence-corrected chi connectivity index (χ0v) is 12.7. The monoisotopic (exact) mass is 308 g/mol. The van der Waals surface area contributed by atoms with E-state index in [1.165, 1.54) is 17.6 Å². The Labute approximate surface area is 125 Å². The summed E-state index contributed by atoms with van der Waals surface area (Å²) in [6, 6.07) is 2.71. The molecule has 3 N–H and O–H groups in total. The van der Waals surface area contributed by atoms with Gasteiger partial charge >= 0.3 is 12.0 Å². The predicted octanol–water partition coefficient (Wildman–Crippen LogP) is 3.54. The SMILES string of the molecule is Cc1sc(NC(=O)N[C@@H](C)c2ccco2)c(C(=O)O)c1C. The fourth-order valence-corrected chi connectivity index (χ4v) is 2.96. The zero-order valence-electron chi connectivity index (χ0n) is 11.9. The van der Waals surface area contributed by atoms with Crippen LogP contribution in [0.5, 0.6) is 0 Å². The highest BCUT2D eigenvalue weighted by Crippen LogP contribution is 2.32. The minimum atomic E-state index is -1.05. The lowest BCUT2D eigenvalue weighted by molar-refractivity contribution is 0.0697. The lowest BCUT2D eigenvalue weighted by atomic mass is 10.1. The van der Waals surface area contributed by atoms with Crippen molar-refractivity contribution in [3.05, 3.63) is 40.2 Å². The van der Waals surface area contributed by atoms with Gasteiger partial charge in [-0.05, 0) is 38.5 Å². The first-order chi connectivity index (χ1) is 9.90. The molecule has 2 aromatic rings. The largest absolute Gasteiger partial charge is 0.478 e. The highest BCUT2D eigenvalue weighted by atomic mass is 32.1. The maximum Gasteiger partial charge on any atom is 0.338 e. The van der Waals surface area contributed by atoms with Crippen LogP contribution in [0, 0.1) is 13.8 Å². The minimum absolute atomic E-state index is 0.137. The molecule has 0 aliphatic heterocycles. The van der Waals surface area contributed by atoms with Crippen LogP contribution < -0.4 is 10.6 Å². The average Bonchev–Trinajstić information content (AvgIpc) is 2.99. The molecule has 0 aliphatic rings. The molecule has 0 aromatic carbocycles. The van der Waals surface area contributed by atoms with Crippen LogP contribution in [0.15, 0.2) is 22.8 Å². The number of hydrogen-bond donors (Lipinski definition) is 3. The van der Waals surface area contributed by atoms with E-state index in [9.17, 15) is 14.7 Å². The molecule has 0 aliphatic carbocycles. The smallest absolute Gasteiger partial charge is 0.338 e. The van der Waals surface area contributed by atoms with Crippen molar-refractivity contribution in [3.8, 4) is 0 Å². The van der Waals surface area contributed by atoms with Gasteiger partial charge < -0.3 is 14.8 Å². The summed E-state index contributed by atoms with van der Waals surface area (Å²) in [6.45, 7) is 5.33. The molecule has 0 unspecified atom stereocenters. The summed E-state index contributed by atoms with van der Waals surface area (Å²) in [5.41, 5.74) is 0.806. The Morgan fingerprint density at radius 2 is 2.10 bits per heavy atom. The van der Waals surface area contributed by atoms with E-state index >= 15 is 0 Å². The summed E-state index contributed by atoms with van der Waals surface area (Å²) >= 11 is 1.25. The van der Waals surface area contributed by atoms with Gasteiger partial charge in [-0.1, -0.05) is 0 Å². The Kier molecular flexibility index (Phi) is 4.32. The topological polar surface area (TPSA) is 91.6 Å². The number of nitrogens with one attached hydrogen (secondary N) is 2. The maximum atomic E-state index is 12.0. The van der Waals surface area contributed by atoms with E-state index in [-0.39, 0.29) is 11.6 Å². The molecule has 1 atom stereocenters. The van der Waals surface area contributed by atoms with Gasteiger partial charge in [-0.25, -0.2) is 9.59 Å². The third kappa shape index (κ3) is 3.25. The van der Waals surface area contributed by atoms with Gasteiger partial charge in [0, 0.05) is 4.88 Å². The molecular weight excluding hydrogens is 292 g/mol. The summed E-state index contributed by atoms with van der Waals surface area (Å²) in [6.07, 6.45) is 1.53. The van der Waals surface area contributed by atoms with Crippen LogP contribution in [0.25, 0.3) is 0 Å². The number of carbonyl (C=O) groups is 2. The van der Waals surface area contributed by atoms with E-state index in [0.717, 1.165) is 4.88 Å². The van der Waals surface area contributed by atoms with E-state index in [2.05, 4.69) is 10.6 Å². The second kappa shape index (κ2) is 6.01. The highest BCUT2D eigenvalue weighted by Gasteiger charge is 2.21. The molecule has 0 saturated carbocycles. The zero-order chi connectivity index (χ0) is 15.6. The Morgan fingerprint density at radius 1 is 1.38 bits per heavy atom. The molecule has 2 amide bonds. The van der Waals surface area contributed by atoms with Crippen LogP contribution in [0.3, 0.4) is 0 Å². The van der Waals surface area contributed by atoms with Crippen molar-refractivity contribution in [1.29, 1.82) is 0 Å². The molecule has 0 fully saturated rings. The number of thiophene rings is 1. The molecule has 2 aromatic heterocycles. The normalized spacial score (nSPS) is 12.0. The Bertz CT molecular complexity index is 661. The summed E-state index contributed by atoms with van der Waals surface area (Å²) in [5.74, 6) is -0.423. The average molecular weight is 308 g/mol. The van der Waals surface area contributed by atoms with Crippen LogP contribution in [0.2, 0.25) is 0 Å². The van der Waals surface area contributed by atoms with Gasteiger partial charge in [-0.15, -0.1) is 11.3 Å². The molecule has 7 heteroatoms. The van der Waals surface area contributed by atoms with E-state index in [1.807, 2.05) is 6.92 Å². The van der Waals surface area contributed by atoms with Gasteiger partial charge in [0.25, 0.3) is 0 Å². The lowest BCUT2D eigenvalue weighted by Gasteiger charge is -2.12. The van der Waals surface area contributed by atoms with Crippen molar-refractivity contribution in [1.82, 2.24) is 5.32 Å². The van der Waals surface area contributed by atoms with E-state index in [0.29, 0.717) is 16.3 Å². The van der Waals surface area contributed by atoms with Crippen molar-refractivity contribution in [2.75, 3.05) is 5.32 Å². The summed E-state index contributed by atoms with van der Waals surface area (Å²) in [4.78, 5) is 24.1. The van der Waals surface area contributed by atoms with E-state index in [4.69, 9.17) is 4.42 Å². The number of urea groups is 1. The van der Waals surface area contributed by atoms with Crippen LogP contribution in [-0.2, 0) is 0 Å². The molecule has 0 bridgehead atoms. The Balaban J connectivity index is 2.10. The molecule has 0 saturated heterocycles. The van der Waals surface area contributed by atoms with Crippen molar-refractivity contribution < 1.29 is 19.1 Å². The summed E-state index contributed by atoms with van der Waals surface area (Å²) in [7, 11) is 0. The van der Waals surface area contributed by atoms with E-state index in [1.54, 1.807) is 26.0 Å². The standard InChI is InChI=1S/C14H16N2O4S/c1-7-9(3)21-12(11(7)13(17)18)16-14(19)15-8(2)10-5-4-6-20-10/h4-6,8H,1-3H3,(H,17,18)(H2,15,16,19)/t8-/m0/s1. The first kappa shape index (κ1) is 15.1. The number of carboxylic acids is 1. The first-order valence-electron chi connectivity index (χ1n) is 6.34. The number of carbonyl (C=O) groups excluding carboxylic acids is 1. The molecule has 112 valence electrons. The summed E-state index contributed by atoms with van der Waals surface area (Å²) in [5, 5.41) is 14.8. The fourth-order valence-electron chi connectivity index (χ4n) is 1.92. The maximum absolute atomic E-state index is 12.0. The quantitative estimate of drug-likeness (QED) is 0.805. The van der Waals surface area contributed by atoms with Crippen molar-refractivity contribution in [3.63, 3.8) is 0 Å². The van der Waals surface area contributed by atoms with Crippen LogP contribution >= 0.6 is 11.3 Å². The number of rotatable bonds is 4. The van der Waals surface area contributed by atoms with E-state index < -0.39 is 12.0 Å². The van der Waals surface area contributed by atoms with Crippen LogP contribution in [0.1, 0.15) is 39.5 Å². The van der Waals surface area contributed by atoms with Gasteiger partial charge in [0.1, 0.15) is 10.8 Å². The van der Waals surface area contributed by atoms with Gasteiger partial charge in [0.2, 0.25) is 0 Å². The van der Waals surface area contributed by atoms with Crippen molar-refractivity contribution in [2.24, 2.45) is 0 Å². The third-order valence-electron chi connectivity index (χ3n) is 3.14. The number of amides is 2. The highest BCUT2D eigenvalue weighted by molar-refractivity contribution is 7.16. The van der Waals surface area contributed by atoms with Gasteiger partial charge in [0.15, 0.2) is 0 Å². The Hall–Kier alpha value is -2.28. The molecule has 0 radical (unpaired) electrons. The number of aryl methyl sites for hydroxylation is 1. The van der Waals surface area contributed by atoms with Crippen molar-refractivity contribution in [2.45, 2.75) is 26.8 Å². The molecular formula is C14H16N2O4S. The second-order valence-electron chi connectivity index (χ2n) is 4.63. The fraction of sp³-hybridized carbons (Fsp3) is 0.286. The number of carboxylic acid groups (broad SMARTS) is 1. The predicted molar refractivity (Wildman–Crippen MR) is 80.0 cm³/mol. The first-order valence-corrected chi connectivity index (χ1v) is 7.16. The third-order valence-corrected chi connectivity index (χ3v) is 4.27. The number of anilines is 1. The number of aromatic carboxylic acids is 1. The van der Waals surface area contributed by atoms with Gasteiger partial charge in [0.05, 0.1) is 17.9 Å². The molecule has 6 nitrogen and oxygen atoms in total. The van der Waals surface area contributed by atoms with Crippen LogP contribution in [0.4, 0.5) is 9.80 Å².